The number of aliphatic imine (C=N–C) groups is 1. The van der Waals surface area contributed by atoms with Gasteiger partial charge in [0.1, 0.15) is 12.0 Å². The van der Waals surface area contributed by atoms with Crippen molar-refractivity contribution < 1.29 is 20.6 Å². The molecule has 10 nitrogen and oxygen atoms in total. The number of aliphatic hydroxyl groups is 2. The third-order valence-corrected chi connectivity index (χ3v) is 2.35. The molecule has 3 rings (SSSR count). The number of hydroxylamine groups is 3. The molecule has 0 unspecified atom stereocenters. The van der Waals surface area contributed by atoms with Crippen molar-refractivity contribution in [3.63, 3.8) is 0 Å². The molecular formula is C8H10K2N6O4. The summed E-state index contributed by atoms with van der Waals surface area (Å²) in [6.07, 6.45) is 1.25. The summed E-state index contributed by atoms with van der Waals surface area (Å²) in [5.74, 6) is -0.390. The molecule has 0 aliphatic carbocycles. The summed E-state index contributed by atoms with van der Waals surface area (Å²) in [6.45, 7) is -0.205. The van der Waals surface area contributed by atoms with Crippen LogP contribution >= 0.6 is 0 Å². The zero-order valence-corrected chi connectivity index (χ0v) is 8.81. The number of fused-ring (bicyclic) bond motifs is 2. The topological polar surface area (TPSA) is 138 Å². The van der Waals surface area contributed by atoms with Gasteiger partial charge in [-0.15, -0.1) is 0 Å². The summed E-state index contributed by atoms with van der Waals surface area (Å²) in [5.41, 5.74) is 0. The van der Waals surface area contributed by atoms with Crippen molar-refractivity contribution in [2.45, 2.75) is 0 Å². The Morgan fingerprint density at radius 2 is 1.85 bits per heavy atom. The quantitative estimate of drug-likeness (QED) is 0.310. The minimum absolute atomic E-state index is 0. The van der Waals surface area contributed by atoms with Gasteiger partial charge in [-0.1, -0.05) is 0 Å². The van der Waals surface area contributed by atoms with Crippen LogP contribution in [0.1, 0.15) is 0 Å². The molecule has 98 valence electrons. The van der Waals surface area contributed by atoms with Gasteiger partial charge in [0.05, 0.1) is 6.20 Å². The predicted molar refractivity (Wildman–Crippen MR) is 72.5 cm³/mol. The van der Waals surface area contributed by atoms with E-state index in [1.165, 1.54) is 6.20 Å². The van der Waals surface area contributed by atoms with Crippen molar-refractivity contribution in [1.82, 2.24) is 15.0 Å². The average Bonchev–Trinajstić information content (AvgIpc) is 2.26. The van der Waals surface area contributed by atoms with Gasteiger partial charge in [0.2, 0.25) is 5.88 Å². The van der Waals surface area contributed by atoms with Gasteiger partial charge in [0.25, 0.3) is 6.02 Å². The van der Waals surface area contributed by atoms with Gasteiger partial charge in [-0.3, -0.25) is 15.7 Å². The molecule has 3 heterocycles. The van der Waals surface area contributed by atoms with Gasteiger partial charge in [-0.25, -0.2) is 20.1 Å². The van der Waals surface area contributed by atoms with Crippen LogP contribution in [0.2, 0.25) is 0 Å². The van der Waals surface area contributed by atoms with E-state index in [1.54, 1.807) is 0 Å². The molecule has 0 aromatic carbocycles. The summed E-state index contributed by atoms with van der Waals surface area (Å²) >= 11 is 0. The molecule has 0 atom stereocenters. The molecule has 12 heteroatoms. The number of amidine groups is 1. The number of anilines is 2. The van der Waals surface area contributed by atoms with Crippen LogP contribution in [0.4, 0.5) is 11.6 Å². The molecule has 1 aromatic heterocycles. The van der Waals surface area contributed by atoms with Crippen LogP contribution in [0.5, 0.6) is 0 Å². The number of hydrogen-bond donors (Lipinski definition) is 5. The Labute approximate surface area is 197 Å². The third kappa shape index (κ3) is 3.53. The zero-order valence-electron chi connectivity index (χ0n) is 8.81. The summed E-state index contributed by atoms with van der Waals surface area (Å²) in [6, 6.07) is -0.522. The SMILES string of the molecule is OC1=NC(O)=c2nc3c(nc2N1)=CN(O)CN3O.[KH].[KH]. The fourth-order valence-electron chi connectivity index (χ4n) is 1.63. The van der Waals surface area contributed by atoms with Crippen LogP contribution in [-0.2, 0) is 0 Å². The first kappa shape index (κ1) is 18.7. The summed E-state index contributed by atoms with van der Waals surface area (Å²) in [5, 5.41) is 41.5. The number of aliphatic hydroxyl groups excluding tert-OH is 2. The molecule has 1 aromatic rings. The van der Waals surface area contributed by atoms with Crippen molar-refractivity contribution in [2.24, 2.45) is 4.99 Å². The Morgan fingerprint density at radius 1 is 1.15 bits per heavy atom. The summed E-state index contributed by atoms with van der Waals surface area (Å²) in [4.78, 5) is 11.3. The van der Waals surface area contributed by atoms with Gasteiger partial charge in [-0.05, 0) is 0 Å². The van der Waals surface area contributed by atoms with Crippen LogP contribution in [0, 0.1) is 0 Å². The van der Waals surface area contributed by atoms with E-state index in [0.29, 0.717) is 10.1 Å². The Kier molecular flexibility index (Phi) is 6.83. The second kappa shape index (κ2) is 7.30. The monoisotopic (exact) mass is 332 g/mol. The van der Waals surface area contributed by atoms with Crippen molar-refractivity contribution in [3.8, 4) is 0 Å². The maximum atomic E-state index is 9.58. The molecule has 0 radical (unpaired) electrons. The molecule has 0 fully saturated rings. The zero-order chi connectivity index (χ0) is 12.9. The molecule has 2 aliphatic heterocycles. The molecule has 2 aliphatic rings. The molecule has 0 saturated heterocycles. The first-order valence-electron chi connectivity index (χ1n) is 4.84. The van der Waals surface area contributed by atoms with Crippen molar-refractivity contribution >= 4 is 133 Å². The van der Waals surface area contributed by atoms with Gasteiger partial charge in [-0.2, -0.15) is 4.99 Å². The van der Waals surface area contributed by atoms with E-state index in [1.807, 2.05) is 0 Å². The average molecular weight is 332 g/mol. The van der Waals surface area contributed by atoms with Crippen molar-refractivity contribution in [3.05, 3.63) is 10.7 Å². The maximum absolute atomic E-state index is 9.58. The molecular weight excluding hydrogens is 322 g/mol. The van der Waals surface area contributed by atoms with Crippen molar-refractivity contribution in [1.29, 1.82) is 0 Å². The van der Waals surface area contributed by atoms with Gasteiger partial charge in [0.15, 0.2) is 17.0 Å². The first-order valence-corrected chi connectivity index (χ1v) is 4.84. The Balaban J connectivity index is 0.000001000. The fraction of sp³-hybridized carbons (Fsp3) is 0.125. The Hall–Kier alpha value is 0.683. The molecule has 0 amide bonds. The van der Waals surface area contributed by atoms with E-state index in [4.69, 9.17) is 0 Å². The first-order chi connectivity index (χ1) is 8.54. The van der Waals surface area contributed by atoms with Crippen LogP contribution in [0.3, 0.4) is 0 Å². The molecule has 5 N–H and O–H groups in total. The van der Waals surface area contributed by atoms with E-state index in [2.05, 4.69) is 20.3 Å². The van der Waals surface area contributed by atoms with E-state index in [9.17, 15) is 20.6 Å². The van der Waals surface area contributed by atoms with E-state index in [-0.39, 0.29) is 132 Å². The number of nitrogens with zero attached hydrogens (tertiary/aromatic N) is 5. The van der Waals surface area contributed by atoms with Crippen LogP contribution in [0.25, 0.3) is 12.1 Å². The van der Waals surface area contributed by atoms with E-state index in [0.717, 1.165) is 0 Å². The predicted octanol–water partition coefficient (Wildman–Crippen LogP) is -3.26. The number of hydrogen-bond acceptors (Lipinski definition) is 9. The number of nitrogens with one attached hydrogen (secondary N) is 1. The molecule has 20 heavy (non-hydrogen) atoms. The van der Waals surface area contributed by atoms with Gasteiger partial charge < -0.3 is 10.2 Å². The van der Waals surface area contributed by atoms with Gasteiger partial charge >= 0.3 is 103 Å². The standard InChI is InChI=1S/C8H8N6O4.2K.2H/c15-7-4-5(11-8(16)12-7)9-3-1-13(17)2-14(18)6(3)10-4;;;;/h1,17-18H,2H2,(H3,9,11,12,15,16);;;;. The summed E-state index contributed by atoms with van der Waals surface area (Å²) < 4.78 is 0. The third-order valence-electron chi connectivity index (χ3n) is 2.35. The Bertz CT molecular complexity index is 680. The van der Waals surface area contributed by atoms with Crippen LogP contribution in [0.15, 0.2) is 4.99 Å². The Morgan fingerprint density at radius 3 is 2.55 bits per heavy atom. The van der Waals surface area contributed by atoms with E-state index < -0.39 is 11.9 Å². The second-order valence-electron chi connectivity index (χ2n) is 3.62. The second-order valence-corrected chi connectivity index (χ2v) is 3.62. The number of aromatic nitrogens is 2. The fourth-order valence-corrected chi connectivity index (χ4v) is 1.63. The van der Waals surface area contributed by atoms with E-state index >= 15 is 0 Å². The van der Waals surface area contributed by atoms with Crippen LogP contribution < -0.4 is 21.1 Å². The van der Waals surface area contributed by atoms with Gasteiger partial charge in [0, 0.05) is 0 Å². The van der Waals surface area contributed by atoms with Crippen LogP contribution in [-0.4, -0.2) is 151 Å². The van der Waals surface area contributed by atoms with Crippen molar-refractivity contribution in [2.75, 3.05) is 17.0 Å². The molecule has 0 saturated carbocycles. The number of rotatable bonds is 0. The molecule has 0 spiro atoms. The summed E-state index contributed by atoms with van der Waals surface area (Å²) in [7, 11) is 0. The normalized spacial score (nSPS) is 15.7. The molecule has 0 bridgehead atoms. The minimum atomic E-state index is -0.522.